The van der Waals surface area contributed by atoms with E-state index in [1.54, 1.807) is 0 Å². The summed E-state index contributed by atoms with van der Waals surface area (Å²) in [5.74, 6) is 0.774. The van der Waals surface area contributed by atoms with Gasteiger partial charge in [0.05, 0.1) is 5.52 Å². The predicted molar refractivity (Wildman–Crippen MR) is 54.6 cm³/mol. The quantitative estimate of drug-likeness (QED) is 0.719. The lowest BCUT2D eigenvalue weighted by Gasteiger charge is -1.98. The zero-order valence-corrected chi connectivity index (χ0v) is 7.91. The third-order valence-corrected chi connectivity index (χ3v) is 2.31. The van der Waals surface area contributed by atoms with Crippen molar-refractivity contribution in [2.24, 2.45) is 0 Å². The van der Waals surface area contributed by atoms with E-state index >= 15 is 0 Å². The van der Waals surface area contributed by atoms with Crippen LogP contribution in [0.1, 0.15) is 12.5 Å². The molecule has 0 saturated heterocycles. The molecule has 0 radical (unpaired) electrons. The van der Waals surface area contributed by atoms with E-state index in [0.717, 1.165) is 23.3 Å². The summed E-state index contributed by atoms with van der Waals surface area (Å²) in [5.41, 5.74) is 8.13. The molecule has 0 saturated carbocycles. The molecule has 2 rings (SSSR count). The number of nitrogen functional groups attached to an aromatic ring is 1. The molecule has 0 aliphatic heterocycles. The molecule has 0 aliphatic rings. The fraction of sp³-hybridized carbons (Fsp3) is 0.300. The van der Waals surface area contributed by atoms with Crippen LogP contribution in [0.15, 0.2) is 18.2 Å². The lowest BCUT2D eigenvalue weighted by atomic mass is 10.1. The van der Waals surface area contributed by atoms with Crippen molar-refractivity contribution in [2.45, 2.75) is 20.4 Å². The van der Waals surface area contributed by atoms with Gasteiger partial charge in [0.1, 0.15) is 5.82 Å². The first-order valence-corrected chi connectivity index (χ1v) is 4.45. The Morgan fingerprint density at radius 2 is 2.23 bits per heavy atom. The van der Waals surface area contributed by atoms with Crippen LogP contribution in [0, 0.1) is 6.92 Å². The standard InChI is InChI=1S/C10H13N3/c1-3-13-10(11)9-7(2)5-4-6-8(9)12-13/h4-6H,3,11H2,1-2H3. The van der Waals surface area contributed by atoms with Crippen LogP contribution in [0.2, 0.25) is 0 Å². The second kappa shape index (κ2) is 2.76. The van der Waals surface area contributed by atoms with E-state index < -0.39 is 0 Å². The number of hydrogen-bond acceptors (Lipinski definition) is 2. The number of benzene rings is 1. The zero-order valence-electron chi connectivity index (χ0n) is 7.91. The van der Waals surface area contributed by atoms with Gasteiger partial charge >= 0.3 is 0 Å². The van der Waals surface area contributed by atoms with E-state index in [4.69, 9.17) is 5.73 Å². The fourth-order valence-corrected chi connectivity index (χ4v) is 1.62. The number of nitrogens with zero attached hydrogens (tertiary/aromatic N) is 2. The minimum atomic E-state index is 0.774. The van der Waals surface area contributed by atoms with Gasteiger partial charge in [-0.2, -0.15) is 5.10 Å². The summed E-state index contributed by atoms with van der Waals surface area (Å²) >= 11 is 0. The average Bonchev–Trinajstić information content (AvgIpc) is 2.44. The zero-order chi connectivity index (χ0) is 9.42. The number of aromatic nitrogens is 2. The van der Waals surface area contributed by atoms with E-state index in [9.17, 15) is 0 Å². The molecule has 0 spiro atoms. The van der Waals surface area contributed by atoms with E-state index in [-0.39, 0.29) is 0 Å². The van der Waals surface area contributed by atoms with Crippen LogP contribution in [0.4, 0.5) is 5.82 Å². The summed E-state index contributed by atoms with van der Waals surface area (Å²) < 4.78 is 1.83. The third kappa shape index (κ3) is 1.08. The maximum atomic E-state index is 5.95. The largest absolute Gasteiger partial charge is 0.383 e. The SMILES string of the molecule is CCn1nc2cccc(C)c2c1N. The topological polar surface area (TPSA) is 43.8 Å². The monoisotopic (exact) mass is 175 g/mol. The molecule has 68 valence electrons. The Morgan fingerprint density at radius 3 is 2.85 bits per heavy atom. The van der Waals surface area contributed by atoms with Crippen LogP contribution in [-0.2, 0) is 6.54 Å². The first-order chi connectivity index (χ1) is 6.24. The molecule has 0 unspecified atom stereocenters. The Hall–Kier alpha value is -1.51. The van der Waals surface area contributed by atoms with Crippen molar-refractivity contribution < 1.29 is 0 Å². The first-order valence-electron chi connectivity index (χ1n) is 4.45. The van der Waals surface area contributed by atoms with Crippen LogP contribution < -0.4 is 5.73 Å². The lowest BCUT2D eigenvalue weighted by Crippen LogP contribution is -2.01. The Morgan fingerprint density at radius 1 is 1.46 bits per heavy atom. The van der Waals surface area contributed by atoms with Gasteiger partial charge < -0.3 is 5.73 Å². The van der Waals surface area contributed by atoms with Gasteiger partial charge in [0, 0.05) is 11.9 Å². The van der Waals surface area contributed by atoms with E-state index in [1.165, 1.54) is 5.56 Å². The van der Waals surface area contributed by atoms with Crippen molar-refractivity contribution in [3.8, 4) is 0 Å². The highest BCUT2D eigenvalue weighted by atomic mass is 15.3. The summed E-state index contributed by atoms with van der Waals surface area (Å²) in [6.45, 7) is 4.91. The molecule has 1 heterocycles. The smallest absolute Gasteiger partial charge is 0.129 e. The van der Waals surface area contributed by atoms with Gasteiger partial charge in [-0.1, -0.05) is 12.1 Å². The van der Waals surface area contributed by atoms with Crippen molar-refractivity contribution in [1.82, 2.24) is 9.78 Å². The second-order valence-corrected chi connectivity index (χ2v) is 3.17. The van der Waals surface area contributed by atoms with Gasteiger partial charge in [-0.25, -0.2) is 4.68 Å². The van der Waals surface area contributed by atoms with Gasteiger partial charge in [0.25, 0.3) is 0 Å². The Balaban J connectivity index is 2.85. The molecule has 2 aromatic rings. The highest BCUT2D eigenvalue weighted by Crippen LogP contribution is 2.23. The van der Waals surface area contributed by atoms with Crippen molar-refractivity contribution in [1.29, 1.82) is 0 Å². The lowest BCUT2D eigenvalue weighted by molar-refractivity contribution is 0.678. The number of anilines is 1. The van der Waals surface area contributed by atoms with Gasteiger partial charge in [-0.15, -0.1) is 0 Å². The van der Waals surface area contributed by atoms with E-state index in [2.05, 4.69) is 18.1 Å². The molecular formula is C10H13N3. The van der Waals surface area contributed by atoms with Gasteiger partial charge in [-0.05, 0) is 25.5 Å². The maximum absolute atomic E-state index is 5.95. The predicted octanol–water partition coefficient (Wildman–Crippen LogP) is 1.95. The van der Waals surface area contributed by atoms with Crippen LogP contribution in [-0.4, -0.2) is 9.78 Å². The van der Waals surface area contributed by atoms with Crippen LogP contribution >= 0.6 is 0 Å². The normalized spacial score (nSPS) is 10.9. The molecular weight excluding hydrogens is 162 g/mol. The van der Waals surface area contributed by atoms with Gasteiger partial charge in [-0.3, -0.25) is 0 Å². The third-order valence-electron chi connectivity index (χ3n) is 2.31. The molecule has 0 atom stereocenters. The summed E-state index contributed by atoms with van der Waals surface area (Å²) in [6.07, 6.45) is 0. The number of nitrogens with two attached hydrogens (primary N) is 1. The van der Waals surface area contributed by atoms with E-state index in [0.29, 0.717) is 0 Å². The number of hydrogen-bond donors (Lipinski definition) is 1. The van der Waals surface area contributed by atoms with Crippen molar-refractivity contribution in [2.75, 3.05) is 5.73 Å². The molecule has 1 aromatic carbocycles. The average molecular weight is 175 g/mol. The van der Waals surface area contributed by atoms with Crippen LogP contribution in [0.3, 0.4) is 0 Å². The number of aryl methyl sites for hydroxylation is 2. The highest BCUT2D eigenvalue weighted by molar-refractivity contribution is 5.91. The summed E-state index contributed by atoms with van der Waals surface area (Å²) in [5, 5.41) is 5.47. The fourth-order valence-electron chi connectivity index (χ4n) is 1.62. The molecule has 0 fully saturated rings. The van der Waals surface area contributed by atoms with Gasteiger partial charge in [0.2, 0.25) is 0 Å². The molecule has 0 bridgehead atoms. The summed E-state index contributed by atoms with van der Waals surface area (Å²) in [7, 11) is 0. The molecule has 3 nitrogen and oxygen atoms in total. The van der Waals surface area contributed by atoms with Gasteiger partial charge in [0.15, 0.2) is 0 Å². The number of rotatable bonds is 1. The van der Waals surface area contributed by atoms with Crippen molar-refractivity contribution in [3.63, 3.8) is 0 Å². The Kier molecular flexibility index (Phi) is 1.72. The second-order valence-electron chi connectivity index (χ2n) is 3.17. The molecule has 3 heteroatoms. The summed E-state index contributed by atoms with van der Waals surface area (Å²) in [6, 6.07) is 6.05. The molecule has 1 aromatic heterocycles. The molecule has 2 N–H and O–H groups in total. The Bertz CT molecular complexity index is 443. The molecule has 0 amide bonds. The van der Waals surface area contributed by atoms with Crippen molar-refractivity contribution in [3.05, 3.63) is 23.8 Å². The molecule has 13 heavy (non-hydrogen) atoms. The minimum Gasteiger partial charge on any atom is -0.383 e. The highest BCUT2D eigenvalue weighted by Gasteiger charge is 2.07. The molecule has 0 aliphatic carbocycles. The van der Waals surface area contributed by atoms with Crippen LogP contribution in [0.5, 0.6) is 0 Å². The number of fused-ring (bicyclic) bond motifs is 1. The first kappa shape index (κ1) is 8.10. The summed E-state index contributed by atoms with van der Waals surface area (Å²) in [4.78, 5) is 0. The Labute approximate surface area is 77.2 Å². The minimum absolute atomic E-state index is 0.774. The van der Waals surface area contributed by atoms with Crippen molar-refractivity contribution >= 4 is 16.7 Å². The van der Waals surface area contributed by atoms with Crippen LogP contribution in [0.25, 0.3) is 10.9 Å². The maximum Gasteiger partial charge on any atom is 0.129 e. The van der Waals surface area contributed by atoms with E-state index in [1.807, 2.05) is 23.7 Å².